The third kappa shape index (κ3) is 3.52. The van der Waals surface area contributed by atoms with E-state index in [4.69, 9.17) is 5.11 Å². The average molecular weight is 134 g/mol. The molecule has 0 aromatic heterocycles. The van der Waals surface area contributed by atoms with Crippen LogP contribution >= 0.6 is 0 Å². The smallest absolute Gasteiger partial charge is 0.368 e. The molecule has 0 atom stereocenters. The minimum atomic E-state index is -1.61. The van der Waals surface area contributed by atoms with Crippen LogP contribution in [0.3, 0.4) is 0 Å². The SMILES string of the molecule is CCOC=C(F)C(=O)O. The molecule has 0 unspecified atom stereocenters. The van der Waals surface area contributed by atoms with Crippen LogP contribution in [0.1, 0.15) is 6.92 Å². The Labute approximate surface area is 51.7 Å². The zero-order valence-electron chi connectivity index (χ0n) is 4.93. The van der Waals surface area contributed by atoms with Gasteiger partial charge in [-0.05, 0) is 6.92 Å². The van der Waals surface area contributed by atoms with Gasteiger partial charge in [-0.25, -0.2) is 4.79 Å². The summed E-state index contributed by atoms with van der Waals surface area (Å²) in [7, 11) is 0. The molecule has 52 valence electrons. The van der Waals surface area contributed by atoms with E-state index in [2.05, 4.69) is 4.74 Å². The molecule has 0 heterocycles. The average Bonchev–Trinajstić information content (AvgIpc) is 1.82. The molecule has 0 saturated carbocycles. The molecule has 0 aliphatic rings. The van der Waals surface area contributed by atoms with Crippen molar-refractivity contribution in [3.05, 3.63) is 12.1 Å². The highest BCUT2D eigenvalue weighted by Crippen LogP contribution is 1.94. The molecule has 0 radical (unpaired) electrons. The second-order valence-corrected chi connectivity index (χ2v) is 1.23. The van der Waals surface area contributed by atoms with Gasteiger partial charge in [-0.1, -0.05) is 0 Å². The van der Waals surface area contributed by atoms with Crippen molar-refractivity contribution >= 4 is 5.97 Å². The van der Waals surface area contributed by atoms with Gasteiger partial charge in [0.1, 0.15) is 6.26 Å². The van der Waals surface area contributed by atoms with E-state index in [0.29, 0.717) is 6.26 Å². The van der Waals surface area contributed by atoms with Crippen LogP contribution in [-0.4, -0.2) is 17.7 Å². The van der Waals surface area contributed by atoms with E-state index in [1.807, 2.05) is 0 Å². The molecule has 9 heavy (non-hydrogen) atoms. The summed E-state index contributed by atoms with van der Waals surface area (Å²) in [5, 5.41) is 7.89. The fourth-order valence-corrected chi connectivity index (χ4v) is 0.207. The number of carboxylic acids is 1. The molecule has 0 bridgehead atoms. The molecule has 0 amide bonds. The van der Waals surface area contributed by atoms with Crippen LogP contribution in [0, 0.1) is 0 Å². The first kappa shape index (κ1) is 7.94. The number of carboxylic acid groups (broad SMARTS) is 1. The second-order valence-electron chi connectivity index (χ2n) is 1.23. The molecule has 3 nitrogen and oxygen atoms in total. The van der Waals surface area contributed by atoms with Gasteiger partial charge >= 0.3 is 5.97 Å². The molecule has 0 aliphatic heterocycles. The Morgan fingerprint density at radius 1 is 1.89 bits per heavy atom. The topological polar surface area (TPSA) is 46.5 Å². The highest BCUT2D eigenvalue weighted by Gasteiger charge is 2.03. The Morgan fingerprint density at radius 3 is 2.78 bits per heavy atom. The van der Waals surface area contributed by atoms with Crippen molar-refractivity contribution < 1.29 is 19.0 Å². The van der Waals surface area contributed by atoms with Gasteiger partial charge in [-0.3, -0.25) is 0 Å². The summed E-state index contributed by atoms with van der Waals surface area (Å²) in [6.45, 7) is 1.90. The molecule has 0 fully saturated rings. The summed E-state index contributed by atoms with van der Waals surface area (Å²) in [4.78, 5) is 9.68. The van der Waals surface area contributed by atoms with Crippen LogP contribution < -0.4 is 0 Å². The van der Waals surface area contributed by atoms with E-state index >= 15 is 0 Å². The van der Waals surface area contributed by atoms with Crippen molar-refractivity contribution in [2.24, 2.45) is 0 Å². The molecule has 0 aromatic carbocycles. The van der Waals surface area contributed by atoms with E-state index in [0.717, 1.165) is 0 Å². The summed E-state index contributed by atoms with van der Waals surface area (Å²) >= 11 is 0. The van der Waals surface area contributed by atoms with Gasteiger partial charge in [0.05, 0.1) is 6.61 Å². The molecule has 0 aromatic rings. The van der Waals surface area contributed by atoms with Crippen molar-refractivity contribution in [2.45, 2.75) is 6.92 Å². The van der Waals surface area contributed by atoms with Gasteiger partial charge in [0.2, 0.25) is 5.83 Å². The van der Waals surface area contributed by atoms with Crippen molar-refractivity contribution in [3.8, 4) is 0 Å². The van der Waals surface area contributed by atoms with Crippen LogP contribution in [0.5, 0.6) is 0 Å². The fourth-order valence-electron chi connectivity index (χ4n) is 0.207. The molecular formula is C5H7FO3. The van der Waals surface area contributed by atoms with Crippen LogP contribution in [0.2, 0.25) is 0 Å². The Bertz CT molecular complexity index is 130. The lowest BCUT2D eigenvalue weighted by Gasteiger charge is -1.90. The predicted octanol–water partition coefficient (Wildman–Crippen LogP) is 0.918. The first-order valence-corrected chi connectivity index (χ1v) is 2.39. The van der Waals surface area contributed by atoms with Crippen molar-refractivity contribution in [3.63, 3.8) is 0 Å². The minimum Gasteiger partial charge on any atom is -0.498 e. The number of aliphatic carboxylic acids is 1. The number of carbonyl (C=O) groups is 1. The highest BCUT2D eigenvalue weighted by atomic mass is 19.1. The molecule has 1 N–H and O–H groups in total. The highest BCUT2D eigenvalue weighted by molar-refractivity contribution is 5.83. The van der Waals surface area contributed by atoms with Crippen LogP contribution in [0.4, 0.5) is 4.39 Å². The number of rotatable bonds is 3. The van der Waals surface area contributed by atoms with E-state index in [1.165, 1.54) is 0 Å². The zero-order valence-corrected chi connectivity index (χ0v) is 4.93. The third-order valence-corrected chi connectivity index (χ3v) is 0.558. The van der Waals surface area contributed by atoms with E-state index in [-0.39, 0.29) is 6.61 Å². The van der Waals surface area contributed by atoms with Crippen molar-refractivity contribution in [1.29, 1.82) is 0 Å². The predicted molar refractivity (Wildman–Crippen MR) is 28.5 cm³/mol. The number of hydrogen-bond acceptors (Lipinski definition) is 2. The van der Waals surface area contributed by atoms with Gasteiger partial charge in [-0.2, -0.15) is 4.39 Å². The maximum absolute atomic E-state index is 11.8. The molecule has 0 aliphatic carbocycles. The van der Waals surface area contributed by atoms with Gasteiger partial charge < -0.3 is 9.84 Å². The zero-order chi connectivity index (χ0) is 7.28. The van der Waals surface area contributed by atoms with Gasteiger partial charge in [-0.15, -0.1) is 0 Å². The standard InChI is InChI=1S/C5H7FO3/c1-2-9-3-4(6)5(7)8/h3H,2H2,1H3,(H,7,8). The Morgan fingerprint density at radius 2 is 2.44 bits per heavy atom. The molecule has 0 saturated heterocycles. The quantitative estimate of drug-likeness (QED) is 0.461. The summed E-state index contributed by atoms with van der Waals surface area (Å²) in [5.74, 6) is -2.89. The van der Waals surface area contributed by atoms with Gasteiger partial charge in [0.25, 0.3) is 0 Å². The molecule has 4 heteroatoms. The number of halogens is 1. The maximum atomic E-state index is 11.8. The van der Waals surface area contributed by atoms with Crippen molar-refractivity contribution in [2.75, 3.05) is 6.61 Å². The van der Waals surface area contributed by atoms with Crippen LogP contribution in [0.15, 0.2) is 12.1 Å². The van der Waals surface area contributed by atoms with Gasteiger partial charge in [0, 0.05) is 0 Å². The monoisotopic (exact) mass is 134 g/mol. The molecule has 0 rings (SSSR count). The lowest BCUT2D eigenvalue weighted by atomic mass is 10.6. The van der Waals surface area contributed by atoms with Crippen LogP contribution in [0.25, 0.3) is 0 Å². The van der Waals surface area contributed by atoms with Crippen molar-refractivity contribution in [1.82, 2.24) is 0 Å². The lowest BCUT2D eigenvalue weighted by molar-refractivity contribution is -0.134. The summed E-state index contributed by atoms with van der Waals surface area (Å²) in [6, 6.07) is 0. The van der Waals surface area contributed by atoms with Gasteiger partial charge in [0.15, 0.2) is 0 Å². The Balaban J connectivity index is 3.69. The molecule has 0 spiro atoms. The first-order chi connectivity index (χ1) is 4.18. The number of ether oxygens (including phenoxy) is 1. The third-order valence-electron chi connectivity index (χ3n) is 0.558. The molecular weight excluding hydrogens is 127 g/mol. The normalized spacial score (nSPS) is 11.1. The summed E-state index contributed by atoms with van der Waals surface area (Å²) in [5.41, 5.74) is 0. The van der Waals surface area contributed by atoms with E-state index in [9.17, 15) is 9.18 Å². The van der Waals surface area contributed by atoms with E-state index < -0.39 is 11.8 Å². The minimum absolute atomic E-state index is 0.265. The fraction of sp³-hybridized carbons (Fsp3) is 0.400. The number of hydrogen-bond donors (Lipinski definition) is 1. The maximum Gasteiger partial charge on any atom is 0.368 e. The summed E-state index contributed by atoms with van der Waals surface area (Å²) in [6.07, 6.45) is 0.572. The van der Waals surface area contributed by atoms with Crippen LogP contribution in [-0.2, 0) is 9.53 Å². The second kappa shape index (κ2) is 3.88. The largest absolute Gasteiger partial charge is 0.498 e. The first-order valence-electron chi connectivity index (χ1n) is 2.39. The summed E-state index contributed by atoms with van der Waals surface area (Å²) < 4.78 is 16.2. The van der Waals surface area contributed by atoms with E-state index in [1.54, 1.807) is 6.92 Å². The lowest BCUT2D eigenvalue weighted by Crippen LogP contribution is -1.95. The Kier molecular flexibility index (Phi) is 3.43. The Hall–Kier alpha value is -1.06.